The van der Waals surface area contributed by atoms with Crippen LogP contribution in [0.2, 0.25) is 0 Å². The van der Waals surface area contributed by atoms with Crippen LogP contribution in [0.3, 0.4) is 0 Å². The molecule has 0 fully saturated rings. The van der Waals surface area contributed by atoms with Crippen molar-refractivity contribution in [3.05, 3.63) is 0 Å². The maximum absolute atomic E-state index is 8.85. The molecule has 0 aliphatic rings. The number of aliphatic hydroxyl groups is 2. The van der Waals surface area contributed by atoms with Crippen LogP contribution in [0.15, 0.2) is 0 Å². The van der Waals surface area contributed by atoms with E-state index in [-0.39, 0.29) is 13.2 Å². The van der Waals surface area contributed by atoms with Gasteiger partial charge in [0.1, 0.15) is 13.1 Å². The van der Waals surface area contributed by atoms with Crippen LogP contribution in [0.4, 0.5) is 0 Å². The molecule has 0 aromatic carbocycles. The molecule has 0 saturated carbocycles. The summed E-state index contributed by atoms with van der Waals surface area (Å²) in [4.78, 5) is 0. The monoisotopic (exact) mass is 515 g/mol. The molecule has 0 aliphatic carbocycles. The fourth-order valence-corrected chi connectivity index (χ4v) is 3.57. The van der Waals surface area contributed by atoms with E-state index in [4.69, 9.17) is 37.4 Å². The van der Waals surface area contributed by atoms with Gasteiger partial charge in [0.2, 0.25) is 0 Å². The summed E-state index contributed by atoms with van der Waals surface area (Å²) in [6.07, 6.45) is 16.5. The van der Waals surface area contributed by atoms with Crippen molar-refractivity contribution in [2.75, 3.05) is 73.4 Å². The van der Waals surface area contributed by atoms with Crippen molar-refractivity contribution in [1.82, 2.24) is 0 Å². The quantitative estimate of drug-likeness (QED) is 0.156. The van der Waals surface area contributed by atoms with E-state index in [1.54, 1.807) is 0 Å². The Bertz CT molecular complexity index is 458. The van der Waals surface area contributed by atoms with Gasteiger partial charge >= 0.3 is 10.6 Å². The molecule has 0 rings (SSSR count). The van der Waals surface area contributed by atoms with Gasteiger partial charge in [0.15, 0.2) is 0 Å². The number of quaternary nitrogens is 1. The van der Waals surface area contributed by atoms with Gasteiger partial charge < -0.3 is 29.3 Å². The lowest BCUT2D eigenvalue weighted by molar-refractivity contribution is -0.910. The summed E-state index contributed by atoms with van der Waals surface area (Å²) in [7, 11) is -0.0941. The summed E-state index contributed by atoms with van der Waals surface area (Å²) in [5, 5.41) is 25.9. The minimum Gasteiger partial charge on any atom is -0.857 e. The highest BCUT2D eigenvalue weighted by atomic mass is 32.2. The predicted octanol–water partition coefficient (Wildman–Crippen LogP) is 2.12. The minimum absolute atomic E-state index is 0.0854. The zero-order valence-electron chi connectivity index (χ0n) is 22.0. The molecule has 0 atom stereocenters. The molecule has 0 aliphatic heterocycles. The van der Waals surface area contributed by atoms with E-state index in [1.807, 2.05) is 0 Å². The van der Waals surface area contributed by atoms with E-state index >= 15 is 0 Å². The Labute approximate surface area is 210 Å². The minimum atomic E-state index is -3.11. The van der Waals surface area contributed by atoms with E-state index in [9.17, 15) is 0 Å². The Morgan fingerprint density at radius 2 is 0.941 bits per heavy atom. The molecule has 0 bridgehead atoms. The smallest absolute Gasteiger partial charge is 0.425 e. The summed E-state index contributed by atoms with van der Waals surface area (Å²) >= 11 is 0. The highest BCUT2D eigenvalue weighted by Crippen LogP contribution is 2.13. The molecule has 0 saturated heterocycles. The number of nitrogens with zero attached hydrogens (tertiary/aromatic N) is 1. The summed E-state index contributed by atoms with van der Waals surface area (Å²) in [6.45, 7) is 7.66. The Kier molecular flexibility index (Phi) is 36.1. The summed E-state index contributed by atoms with van der Waals surface area (Å²) < 4.78 is 37.2. The second-order valence-electron chi connectivity index (χ2n) is 8.56. The molecule has 208 valence electrons. The topological polar surface area (TPSA) is 133 Å². The number of rotatable bonds is 23. The number of ether oxygens (including phenoxy) is 2. The Hall–Kier alpha value is -0.620. The lowest BCUT2D eigenvalue weighted by atomic mass is 10.1. The van der Waals surface area contributed by atoms with Crippen molar-refractivity contribution >= 4 is 10.6 Å². The molecule has 0 unspecified atom stereocenters. The van der Waals surface area contributed by atoms with Gasteiger partial charge in [0.05, 0.1) is 53.2 Å². The van der Waals surface area contributed by atoms with Crippen molar-refractivity contribution in [2.45, 2.75) is 84.0 Å². The lowest BCUT2D eigenvalue weighted by Gasteiger charge is -2.34. The van der Waals surface area contributed by atoms with Crippen molar-refractivity contribution < 1.29 is 41.9 Å². The average molecular weight is 516 g/mol. The van der Waals surface area contributed by atoms with Crippen LogP contribution in [0.25, 0.3) is 0 Å². The molecule has 0 aromatic heterocycles. The van der Waals surface area contributed by atoms with Gasteiger partial charge in [0.25, 0.3) is 0 Å². The van der Waals surface area contributed by atoms with Crippen molar-refractivity contribution in [1.29, 1.82) is 0 Å². The van der Waals surface area contributed by atoms with Gasteiger partial charge in [-0.25, -0.2) is 0 Å². The highest BCUT2D eigenvalue weighted by Gasteiger charge is 2.20. The van der Waals surface area contributed by atoms with E-state index in [1.165, 1.54) is 77.0 Å². The van der Waals surface area contributed by atoms with Crippen LogP contribution < -0.4 is 5.11 Å². The van der Waals surface area contributed by atoms with Crippen molar-refractivity contribution in [2.24, 2.45) is 0 Å². The molecule has 0 amide bonds. The van der Waals surface area contributed by atoms with Gasteiger partial charge in [-0.1, -0.05) is 71.1 Å². The molecule has 0 spiro atoms. The van der Waals surface area contributed by atoms with Gasteiger partial charge in [0, 0.05) is 0 Å². The SMILES string of the molecule is CCCCCCCCCCCCCC[N+](C)(CCOCCO)CCOCCO.C[O-].O=S(=O)=O. The largest absolute Gasteiger partial charge is 0.857 e. The molecular weight excluding hydrogens is 462 g/mol. The van der Waals surface area contributed by atoms with Gasteiger partial charge in [-0.3, -0.25) is 0 Å². The molecule has 10 heteroatoms. The van der Waals surface area contributed by atoms with Crippen LogP contribution in [0, 0.1) is 0 Å². The van der Waals surface area contributed by atoms with E-state index < -0.39 is 10.6 Å². The van der Waals surface area contributed by atoms with Crippen LogP contribution in [0.1, 0.15) is 84.0 Å². The first-order chi connectivity index (χ1) is 16.4. The van der Waals surface area contributed by atoms with Gasteiger partial charge in [-0.2, -0.15) is 7.11 Å². The number of aliphatic hydroxyl groups excluding tert-OH is 2. The summed E-state index contributed by atoms with van der Waals surface area (Å²) in [5.74, 6) is 0. The van der Waals surface area contributed by atoms with E-state index in [0.29, 0.717) is 26.4 Å². The highest BCUT2D eigenvalue weighted by molar-refractivity contribution is 7.59. The van der Waals surface area contributed by atoms with Crippen LogP contribution in [0.5, 0.6) is 0 Å². The number of unbranched alkanes of at least 4 members (excludes halogenated alkanes) is 11. The maximum atomic E-state index is 8.85. The Balaban J connectivity index is -0.00000144. The third-order valence-electron chi connectivity index (χ3n) is 5.57. The zero-order valence-corrected chi connectivity index (χ0v) is 22.9. The summed E-state index contributed by atoms with van der Waals surface area (Å²) in [6, 6.07) is 0. The molecule has 9 nitrogen and oxygen atoms in total. The molecular formula is C24H53NO8S. The van der Waals surface area contributed by atoms with Crippen molar-refractivity contribution in [3.8, 4) is 0 Å². The first-order valence-corrected chi connectivity index (χ1v) is 13.8. The predicted molar refractivity (Wildman–Crippen MR) is 133 cm³/mol. The Morgan fingerprint density at radius 1 is 0.618 bits per heavy atom. The van der Waals surface area contributed by atoms with Gasteiger partial charge in [-0.05, 0) is 12.8 Å². The third-order valence-corrected chi connectivity index (χ3v) is 5.57. The van der Waals surface area contributed by atoms with Gasteiger partial charge in [-0.15, -0.1) is 12.6 Å². The molecule has 34 heavy (non-hydrogen) atoms. The average Bonchev–Trinajstić information content (AvgIpc) is 2.81. The van der Waals surface area contributed by atoms with E-state index in [2.05, 4.69) is 14.0 Å². The van der Waals surface area contributed by atoms with Crippen molar-refractivity contribution in [3.63, 3.8) is 0 Å². The third kappa shape index (κ3) is 36.0. The second kappa shape index (κ2) is 32.4. The standard InChI is InChI=1S/C23H50NO4.CH3O.O3S/c1-3-4-5-6-7-8-9-10-11-12-13-14-15-24(2,16-20-27-22-18-25)17-21-28-23-19-26;1-2;1-4(2)3/h25-26H,3-23H2,1-2H3;1H3;/q+1;-1;. The second-order valence-corrected chi connectivity index (χ2v) is 8.96. The van der Waals surface area contributed by atoms with Crippen LogP contribution in [-0.4, -0.2) is 101 Å². The molecule has 0 aromatic rings. The number of hydrogen-bond donors (Lipinski definition) is 2. The fourth-order valence-electron chi connectivity index (χ4n) is 3.57. The van der Waals surface area contributed by atoms with Crippen LogP contribution >= 0.6 is 0 Å². The normalized spacial score (nSPS) is 10.8. The first kappa shape index (κ1) is 37.9. The maximum Gasteiger partial charge on any atom is 0.425 e. The molecule has 0 radical (unpaired) electrons. The first-order valence-electron chi connectivity index (χ1n) is 12.8. The Morgan fingerprint density at radius 3 is 1.26 bits per heavy atom. The zero-order chi connectivity index (χ0) is 26.3. The number of likely N-dealkylation sites (N-methyl/N-ethyl adjacent to an activating group) is 1. The number of hydrogen-bond acceptors (Lipinski definition) is 8. The summed E-state index contributed by atoms with van der Waals surface area (Å²) in [5.41, 5.74) is 0. The van der Waals surface area contributed by atoms with E-state index in [0.717, 1.165) is 31.2 Å². The molecule has 2 N–H and O–H groups in total. The molecule has 0 heterocycles. The lowest BCUT2D eigenvalue weighted by Crippen LogP contribution is -2.49. The fraction of sp³-hybridized carbons (Fsp3) is 1.00. The van der Waals surface area contributed by atoms with Crippen LogP contribution in [-0.2, 0) is 20.1 Å².